The summed E-state index contributed by atoms with van der Waals surface area (Å²) < 4.78 is 1.78. The monoisotopic (exact) mass is 237 g/mol. The summed E-state index contributed by atoms with van der Waals surface area (Å²) in [7, 11) is 0. The minimum absolute atomic E-state index is 0.324. The summed E-state index contributed by atoms with van der Waals surface area (Å²) in [6, 6.07) is 7.54. The Morgan fingerprint density at radius 2 is 2.19 bits per heavy atom. The van der Waals surface area contributed by atoms with Gasteiger partial charge in [0.1, 0.15) is 0 Å². The van der Waals surface area contributed by atoms with Crippen LogP contribution in [0.1, 0.15) is 16.9 Å². The first kappa shape index (κ1) is 11.0. The van der Waals surface area contributed by atoms with E-state index in [1.54, 1.807) is 4.68 Å². The zero-order chi connectivity index (χ0) is 11.5. The Bertz CT molecular complexity index is 521. The maximum absolute atomic E-state index is 11.2. The number of hydrogen-bond donors (Lipinski definition) is 1. The molecule has 16 heavy (non-hydrogen) atoms. The molecule has 0 bridgehead atoms. The van der Waals surface area contributed by atoms with Gasteiger partial charge in [-0.2, -0.15) is 5.10 Å². The smallest absolute Gasteiger partial charge is 0.269 e. The number of halogens is 1. The molecule has 84 valence electrons. The number of benzene rings is 1. The molecule has 2 N–H and O–H groups in total. The van der Waals surface area contributed by atoms with Gasteiger partial charge in [0, 0.05) is 17.8 Å². The van der Waals surface area contributed by atoms with Gasteiger partial charge in [0.25, 0.3) is 5.91 Å². The fraction of sp³-hybridized carbons (Fsp3) is 0.273. The fourth-order valence-corrected chi connectivity index (χ4v) is 1.81. The minimum Gasteiger partial charge on any atom is -0.364 e. The Balaban J connectivity index is 2.53. The van der Waals surface area contributed by atoms with Gasteiger partial charge in [-0.1, -0.05) is 18.2 Å². The van der Waals surface area contributed by atoms with E-state index in [0.29, 0.717) is 18.1 Å². The van der Waals surface area contributed by atoms with E-state index in [2.05, 4.69) is 5.10 Å². The number of rotatable bonds is 4. The largest absolute Gasteiger partial charge is 0.364 e. The first-order valence-electron chi connectivity index (χ1n) is 5.05. The van der Waals surface area contributed by atoms with Gasteiger partial charge in [0.05, 0.1) is 5.52 Å². The van der Waals surface area contributed by atoms with E-state index in [1.165, 1.54) is 0 Å². The molecule has 0 saturated carbocycles. The molecule has 0 radical (unpaired) electrons. The third-order valence-electron chi connectivity index (χ3n) is 2.39. The first-order chi connectivity index (χ1) is 7.74. The molecule has 1 aromatic carbocycles. The average molecular weight is 238 g/mol. The minimum atomic E-state index is -0.499. The van der Waals surface area contributed by atoms with Gasteiger partial charge in [-0.15, -0.1) is 11.6 Å². The van der Waals surface area contributed by atoms with E-state index < -0.39 is 5.91 Å². The number of amides is 1. The average Bonchev–Trinajstić information content (AvgIpc) is 2.65. The summed E-state index contributed by atoms with van der Waals surface area (Å²) in [5.41, 5.74) is 6.52. The van der Waals surface area contributed by atoms with Crippen molar-refractivity contribution in [3.63, 3.8) is 0 Å². The van der Waals surface area contributed by atoms with Crippen molar-refractivity contribution in [2.75, 3.05) is 5.88 Å². The second-order valence-corrected chi connectivity index (χ2v) is 3.87. The van der Waals surface area contributed by atoms with Gasteiger partial charge in [-0.25, -0.2) is 0 Å². The Hall–Kier alpha value is -1.55. The number of aromatic nitrogens is 2. The van der Waals surface area contributed by atoms with E-state index in [-0.39, 0.29) is 0 Å². The summed E-state index contributed by atoms with van der Waals surface area (Å²) in [4.78, 5) is 11.2. The molecule has 0 atom stereocenters. The number of aryl methyl sites for hydroxylation is 1. The third-order valence-corrected chi connectivity index (χ3v) is 2.66. The summed E-state index contributed by atoms with van der Waals surface area (Å²) in [5, 5.41) is 5.01. The molecule has 0 aliphatic rings. The molecule has 0 saturated heterocycles. The normalized spacial score (nSPS) is 10.8. The number of hydrogen-bond acceptors (Lipinski definition) is 2. The van der Waals surface area contributed by atoms with E-state index in [1.807, 2.05) is 24.3 Å². The van der Waals surface area contributed by atoms with Crippen molar-refractivity contribution in [2.24, 2.45) is 5.73 Å². The number of primary amides is 1. The van der Waals surface area contributed by atoms with Crippen LogP contribution in [0.5, 0.6) is 0 Å². The highest BCUT2D eigenvalue weighted by Crippen LogP contribution is 2.18. The topological polar surface area (TPSA) is 60.9 Å². The molecule has 0 aliphatic heterocycles. The van der Waals surface area contributed by atoms with Crippen molar-refractivity contribution >= 4 is 28.4 Å². The molecule has 0 aliphatic carbocycles. The van der Waals surface area contributed by atoms with E-state index in [9.17, 15) is 4.79 Å². The predicted molar refractivity (Wildman–Crippen MR) is 63.6 cm³/mol. The number of carbonyl (C=O) groups excluding carboxylic acids is 1. The van der Waals surface area contributed by atoms with E-state index >= 15 is 0 Å². The maximum atomic E-state index is 11.2. The van der Waals surface area contributed by atoms with Crippen LogP contribution in [0.25, 0.3) is 10.9 Å². The van der Waals surface area contributed by atoms with Crippen molar-refractivity contribution < 1.29 is 4.79 Å². The van der Waals surface area contributed by atoms with E-state index in [0.717, 1.165) is 17.3 Å². The Morgan fingerprint density at radius 3 is 2.88 bits per heavy atom. The highest BCUT2D eigenvalue weighted by Gasteiger charge is 2.13. The maximum Gasteiger partial charge on any atom is 0.269 e. The number of carbonyl (C=O) groups is 1. The van der Waals surface area contributed by atoms with Gasteiger partial charge in [-0.3, -0.25) is 9.48 Å². The molecule has 0 fully saturated rings. The van der Waals surface area contributed by atoms with Crippen LogP contribution in [-0.4, -0.2) is 21.6 Å². The van der Waals surface area contributed by atoms with Crippen LogP contribution in [0.15, 0.2) is 24.3 Å². The molecule has 1 heterocycles. The zero-order valence-electron chi connectivity index (χ0n) is 8.69. The number of nitrogens with zero attached hydrogens (tertiary/aromatic N) is 2. The first-order valence-corrected chi connectivity index (χ1v) is 5.59. The molecule has 5 heteroatoms. The molecular formula is C11H12ClN3O. The molecule has 2 rings (SSSR count). The third kappa shape index (κ3) is 1.88. The molecule has 1 aromatic heterocycles. The van der Waals surface area contributed by atoms with Crippen molar-refractivity contribution in [1.82, 2.24) is 9.78 Å². The molecular weight excluding hydrogens is 226 g/mol. The molecule has 1 amide bonds. The lowest BCUT2D eigenvalue weighted by Gasteiger charge is -2.00. The highest BCUT2D eigenvalue weighted by molar-refractivity contribution is 6.17. The van der Waals surface area contributed by atoms with Crippen LogP contribution in [0.3, 0.4) is 0 Å². The quantitative estimate of drug-likeness (QED) is 0.824. The molecule has 0 unspecified atom stereocenters. The van der Waals surface area contributed by atoms with Crippen LogP contribution in [0.2, 0.25) is 0 Å². The lowest BCUT2D eigenvalue weighted by atomic mass is 10.2. The molecule has 2 aromatic rings. The van der Waals surface area contributed by atoms with Crippen LogP contribution in [-0.2, 0) is 6.54 Å². The second kappa shape index (κ2) is 4.53. The summed E-state index contributed by atoms with van der Waals surface area (Å²) in [6.07, 6.45) is 0.811. The van der Waals surface area contributed by atoms with Gasteiger partial charge in [0.2, 0.25) is 0 Å². The summed E-state index contributed by atoms with van der Waals surface area (Å²) in [6.45, 7) is 0.692. The lowest BCUT2D eigenvalue weighted by molar-refractivity contribution is 0.0996. The number of alkyl halides is 1. The Morgan fingerprint density at radius 1 is 1.44 bits per heavy atom. The Kier molecular flexibility index (Phi) is 3.10. The van der Waals surface area contributed by atoms with Gasteiger partial charge in [0.15, 0.2) is 5.69 Å². The second-order valence-electron chi connectivity index (χ2n) is 3.50. The van der Waals surface area contributed by atoms with Crippen LogP contribution < -0.4 is 5.73 Å². The SMILES string of the molecule is NC(=O)c1nn(CCCCl)c2ccccc12. The zero-order valence-corrected chi connectivity index (χ0v) is 9.44. The summed E-state index contributed by atoms with van der Waals surface area (Å²) >= 11 is 5.64. The van der Waals surface area contributed by atoms with Crippen molar-refractivity contribution in [3.8, 4) is 0 Å². The van der Waals surface area contributed by atoms with Gasteiger partial charge in [-0.05, 0) is 12.5 Å². The number of fused-ring (bicyclic) bond motifs is 1. The van der Waals surface area contributed by atoms with Crippen molar-refractivity contribution in [3.05, 3.63) is 30.0 Å². The Labute approximate surface area is 98.0 Å². The summed E-state index contributed by atoms with van der Waals surface area (Å²) in [5.74, 6) is 0.0703. The predicted octanol–water partition coefficient (Wildman–Crippen LogP) is 1.76. The number of para-hydroxylation sites is 1. The lowest BCUT2D eigenvalue weighted by Crippen LogP contribution is -2.13. The fourth-order valence-electron chi connectivity index (χ4n) is 1.69. The van der Waals surface area contributed by atoms with Crippen molar-refractivity contribution in [1.29, 1.82) is 0 Å². The molecule has 4 nitrogen and oxygen atoms in total. The standard InChI is InChI=1S/C11H12ClN3O/c12-6-3-7-15-9-5-2-1-4-8(9)10(14-15)11(13)16/h1-2,4-5H,3,6-7H2,(H2,13,16). The van der Waals surface area contributed by atoms with Gasteiger partial charge >= 0.3 is 0 Å². The van der Waals surface area contributed by atoms with Crippen LogP contribution >= 0.6 is 11.6 Å². The van der Waals surface area contributed by atoms with Crippen molar-refractivity contribution in [2.45, 2.75) is 13.0 Å². The van der Waals surface area contributed by atoms with Crippen LogP contribution in [0.4, 0.5) is 0 Å². The molecule has 0 spiro atoms. The highest BCUT2D eigenvalue weighted by atomic mass is 35.5. The van der Waals surface area contributed by atoms with E-state index in [4.69, 9.17) is 17.3 Å². The number of nitrogens with two attached hydrogens (primary N) is 1. The van der Waals surface area contributed by atoms with Crippen LogP contribution in [0, 0.1) is 0 Å². The van der Waals surface area contributed by atoms with Gasteiger partial charge < -0.3 is 5.73 Å².